The molecule has 5 nitrogen and oxygen atoms in total. The van der Waals surface area contributed by atoms with Crippen LogP contribution in [0.2, 0.25) is 0 Å². The summed E-state index contributed by atoms with van der Waals surface area (Å²) in [4.78, 5) is 22.3. The van der Waals surface area contributed by atoms with Crippen LogP contribution in [0.3, 0.4) is 0 Å². The molecule has 0 saturated carbocycles. The molecule has 0 radical (unpaired) electrons. The Labute approximate surface area is 106 Å². The van der Waals surface area contributed by atoms with E-state index >= 15 is 0 Å². The summed E-state index contributed by atoms with van der Waals surface area (Å²) in [6.45, 7) is 2.65. The second-order valence-corrected chi connectivity index (χ2v) is 3.75. The Kier molecular flexibility index (Phi) is 6.61. The van der Waals surface area contributed by atoms with Gasteiger partial charge in [0.25, 0.3) is 0 Å². The lowest BCUT2D eigenvalue weighted by Gasteiger charge is -2.04. The highest BCUT2D eigenvalue weighted by atomic mass is 16.5. The Morgan fingerprint density at radius 1 is 1.33 bits per heavy atom. The molecule has 0 spiro atoms. The number of esters is 1. The number of hydrogen-bond donors (Lipinski definition) is 0. The van der Waals surface area contributed by atoms with Gasteiger partial charge in [-0.2, -0.15) is 0 Å². The first-order valence-electron chi connectivity index (χ1n) is 6.09. The maximum Gasteiger partial charge on any atom is 0.305 e. The molecule has 0 aliphatic carbocycles. The lowest BCUT2D eigenvalue weighted by atomic mass is 10.2. The van der Waals surface area contributed by atoms with Gasteiger partial charge in [-0.1, -0.05) is 0 Å². The van der Waals surface area contributed by atoms with Gasteiger partial charge in [-0.3, -0.25) is 9.59 Å². The molecule has 0 saturated heterocycles. The van der Waals surface area contributed by atoms with E-state index in [2.05, 4.69) is 0 Å². The van der Waals surface area contributed by atoms with Crippen LogP contribution < -0.4 is 10.2 Å². The normalized spacial score (nSPS) is 10.1. The molecule has 1 aromatic heterocycles. The van der Waals surface area contributed by atoms with E-state index in [9.17, 15) is 9.59 Å². The van der Waals surface area contributed by atoms with E-state index in [-0.39, 0.29) is 17.1 Å². The summed E-state index contributed by atoms with van der Waals surface area (Å²) in [6.07, 6.45) is 5.45. The Morgan fingerprint density at radius 3 is 2.89 bits per heavy atom. The fourth-order valence-electron chi connectivity index (χ4n) is 1.41. The summed E-state index contributed by atoms with van der Waals surface area (Å²) in [5.41, 5.74) is -0.187. The van der Waals surface area contributed by atoms with Crippen molar-refractivity contribution in [1.29, 1.82) is 0 Å². The Bertz CT molecular complexity index is 410. The lowest BCUT2D eigenvalue weighted by molar-refractivity contribution is -0.143. The van der Waals surface area contributed by atoms with E-state index in [0.29, 0.717) is 19.6 Å². The number of hydrogen-bond acceptors (Lipinski definition) is 5. The van der Waals surface area contributed by atoms with Gasteiger partial charge in [0.15, 0.2) is 0 Å². The second kappa shape index (κ2) is 8.33. The molecule has 0 bridgehead atoms. The number of ether oxygens (including phenoxy) is 2. The zero-order chi connectivity index (χ0) is 13.2. The van der Waals surface area contributed by atoms with Crippen LogP contribution >= 0.6 is 0 Å². The van der Waals surface area contributed by atoms with Gasteiger partial charge in [0.05, 0.1) is 19.5 Å². The number of carbonyl (C=O) groups is 1. The molecule has 0 N–H and O–H groups in total. The minimum atomic E-state index is -0.187. The molecule has 0 unspecified atom stereocenters. The van der Waals surface area contributed by atoms with Crippen molar-refractivity contribution in [2.45, 2.75) is 32.6 Å². The molecule has 5 heteroatoms. The molecular weight excluding hydrogens is 236 g/mol. The molecule has 100 valence electrons. The van der Waals surface area contributed by atoms with Crippen molar-refractivity contribution >= 4 is 5.97 Å². The van der Waals surface area contributed by atoms with Crippen LogP contribution in [-0.4, -0.2) is 19.2 Å². The van der Waals surface area contributed by atoms with Crippen molar-refractivity contribution in [1.82, 2.24) is 0 Å². The molecule has 0 aromatic carbocycles. The molecular formula is C13H18O5. The Balaban J connectivity index is 2.07. The highest BCUT2D eigenvalue weighted by Crippen LogP contribution is 2.05. The molecule has 0 aliphatic heterocycles. The lowest BCUT2D eigenvalue weighted by Crippen LogP contribution is -2.07. The van der Waals surface area contributed by atoms with Crippen molar-refractivity contribution in [2.75, 3.05) is 13.2 Å². The molecule has 0 amide bonds. The van der Waals surface area contributed by atoms with E-state index in [1.165, 1.54) is 18.6 Å². The van der Waals surface area contributed by atoms with Gasteiger partial charge in [0.2, 0.25) is 11.2 Å². The third-order valence-corrected chi connectivity index (χ3v) is 2.30. The van der Waals surface area contributed by atoms with Crippen LogP contribution in [0.5, 0.6) is 5.75 Å². The first kappa shape index (κ1) is 14.3. The molecule has 1 heterocycles. The smallest absolute Gasteiger partial charge is 0.305 e. The van der Waals surface area contributed by atoms with E-state index < -0.39 is 0 Å². The SMILES string of the molecule is CCOC(=O)CCCCCOc1coccc1=O. The zero-order valence-corrected chi connectivity index (χ0v) is 10.5. The minimum absolute atomic E-state index is 0.165. The highest BCUT2D eigenvalue weighted by molar-refractivity contribution is 5.69. The summed E-state index contributed by atoms with van der Waals surface area (Å²) in [6, 6.07) is 1.32. The van der Waals surface area contributed by atoms with Crippen molar-refractivity contribution in [2.24, 2.45) is 0 Å². The Morgan fingerprint density at radius 2 is 2.17 bits per heavy atom. The topological polar surface area (TPSA) is 65.7 Å². The van der Waals surface area contributed by atoms with Crippen LogP contribution in [0.4, 0.5) is 0 Å². The average molecular weight is 254 g/mol. The van der Waals surface area contributed by atoms with Gasteiger partial charge in [0.1, 0.15) is 6.26 Å². The van der Waals surface area contributed by atoms with E-state index in [1.54, 1.807) is 6.92 Å². The van der Waals surface area contributed by atoms with Crippen LogP contribution in [-0.2, 0) is 9.53 Å². The first-order chi connectivity index (χ1) is 8.74. The van der Waals surface area contributed by atoms with Gasteiger partial charge < -0.3 is 13.9 Å². The van der Waals surface area contributed by atoms with E-state index in [1.807, 2.05) is 0 Å². The average Bonchev–Trinajstić information content (AvgIpc) is 2.36. The Hall–Kier alpha value is -1.78. The van der Waals surface area contributed by atoms with Gasteiger partial charge in [-0.25, -0.2) is 0 Å². The van der Waals surface area contributed by atoms with Crippen LogP contribution in [0, 0.1) is 0 Å². The van der Waals surface area contributed by atoms with Crippen molar-refractivity contribution < 1.29 is 18.7 Å². The summed E-state index contributed by atoms with van der Waals surface area (Å²) >= 11 is 0. The summed E-state index contributed by atoms with van der Waals surface area (Å²) in [5, 5.41) is 0. The van der Waals surface area contributed by atoms with Crippen LogP contribution in [0.15, 0.2) is 27.8 Å². The standard InChI is InChI=1S/C13H18O5/c1-2-17-13(15)6-4-3-5-8-18-12-10-16-9-7-11(12)14/h7,9-10H,2-6,8H2,1H3. The van der Waals surface area contributed by atoms with Gasteiger partial charge in [-0.05, 0) is 26.2 Å². The second-order valence-electron chi connectivity index (χ2n) is 3.75. The number of unbranched alkanes of at least 4 members (excludes halogenated alkanes) is 2. The third-order valence-electron chi connectivity index (χ3n) is 2.30. The molecule has 1 rings (SSSR count). The van der Waals surface area contributed by atoms with Crippen molar-refractivity contribution in [3.63, 3.8) is 0 Å². The first-order valence-corrected chi connectivity index (χ1v) is 6.09. The van der Waals surface area contributed by atoms with E-state index in [0.717, 1.165) is 19.3 Å². The summed E-state index contributed by atoms with van der Waals surface area (Å²) in [5.74, 6) is 0.0602. The third kappa shape index (κ3) is 5.52. The number of carbonyl (C=O) groups excluding carboxylic acids is 1. The minimum Gasteiger partial charge on any atom is -0.487 e. The van der Waals surface area contributed by atoms with Gasteiger partial charge >= 0.3 is 5.97 Å². The summed E-state index contributed by atoms with van der Waals surface area (Å²) in [7, 11) is 0. The maximum absolute atomic E-state index is 11.3. The van der Waals surface area contributed by atoms with E-state index in [4.69, 9.17) is 13.9 Å². The monoisotopic (exact) mass is 254 g/mol. The van der Waals surface area contributed by atoms with Crippen molar-refractivity contribution in [3.05, 3.63) is 28.8 Å². The predicted octanol–water partition coefficient (Wildman–Crippen LogP) is 2.14. The molecule has 1 aromatic rings. The zero-order valence-electron chi connectivity index (χ0n) is 10.5. The fraction of sp³-hybridized carbons (Fsp3) is 0.538. The largest absolute Gasteiger partial charge is 0.487 e. The molecule has 0 atom stereocenters. The number of rotatable bonds is 8. The maximum atomic E-state index is 11.3. The predicted molar refractivity (Wildman–Crippen MR) is 65.6 cm³/mol. The molecule has 0 aliphatic rings. The van der Waals surface area contributed by atoms with Crippen LogP contribution in [0.25, 0.3) is 0 Å². The highest BCUT2D eigenvalue weighted by Gasteiger charge is 2.02. The molecule has 18 heavy (non-hydrogen) atoms. The fourth-order valence-corrected chi connectivity index (χ4v) is 1.41. The van der Waals surface area contributed by atoms with Crippen LogP contribution in [0.1, 0.15) is 32.6 Å². The van der Waals surface area contributed by atoms with Gasteiger partial charge in [-0.15, -0.1) is 0 Å². The quantitative estimate of drug-likeness (QED) is 0.525. The molecule has 0 fully saturated rings. The van der Waals surface area contributed by atoms with Crippen molar-refractivity contribution in [3.8, 4) is 5.75 Å². The van der Waals surface area contributed by atoms with Gasteiger partial charge in [0, 0.05) is 12.5 Å². The summed E-state index contributed by atoms with van der Waals surface area (Å²) < 4.78 is 14.9.